The first-order valence-electron chi connectivity index (χ1n) is 6.32. The standard InChI is InChI=1S/C12H14N4O3S/c17-16(18)12-9(1-2-10-11(12)15-7-20-10)14-6-8-5-13-3-4-19-8/h1-2,7-8,13-14H,3-6H2. The Kier molecular flexibility index (Phi) is 3.77. The number of aromatic nitrogens is 1. The second kappa shape index (κ2) is 5.70. The van der Waals surface area contributed by atoms with Crippen LogP contribution < -0.4 is 10.6 Å². The maximum atomic E-state index is 11.3. The normalized spacial score (nSPS) is 19.1. The number of nitrogens with one attached hydrogen (secondary N) is 2. The van der Waals surface area contributed by atoms with E-state index in [2.05, 4.69) is 15.6 Å². The van der Waals surface area contributed by atoms with Crippen LogP contribution in [0, 0.1) is 10.1 Å². The minimum Gasteiger partial charge on any atom is -0.377 e. The Balaban J connectivity index is 1.82. The third kappa shape index (κ3) is 2.58. The Morgan fingerprint density at radius 1 is 1.60 bits per heavy atom. The fourth-order valence-corrected chi connectivity index (χ4v) is 2.90. The molecule has 8 heteroatoms. The zero-order valence-corrected chi connectivity index (χ0v) is 11.5. The van der Waals surface area contributed by atoms with E-state index in [1.165, 1.54) is 11.3 Å². The molecule has 0 radical (unpaired) electrons. The zero-order valence-electron chi connectivity index (χ0n) is 10.7. The van der Waals surface area contributed by atoms with Gasteiger partial charge in [0.25, 0.3) is 0 Å². The van der Waals surface area contributed by atoms with E-state index >= 15 is 0 Å². The maximum absolute atomic E-state index is 11.3. The number of benzene rings is 1. The summed E-state index contributed by atoms with van der Waals surface area (Å²) in [5.74, 6) is 0. The van der Waals surface area contributed by atoms with Gasteiger partial charge in [-0.25, -0.2) is 4.98 Å². The van der Waals surface area contributed by atoms with Crippen LogP contribution in [0.1, 0.15) is 0 Å². The molecule has 0 aliphatic carbocycles. The number of anilines is 1. The van der Waals surface area contributed by atoms with Crippen LogP contribution in [0.25, 0.3) is 10.2 Å². The molecule has 1 aliphatic heterocycles. The lowest BCUT2D eigenvalue weighted by atomic mass is 10.2. The van der Waals surface area contributed by atoms with Crippen LogP contribution in [0.15, 0.2) is 17.6 Å². The molecule has 2 heterocycles. The molecule has 2 aromatic rings. The predicted octanol–water partition coefficient (Wildman–Crippen LogP) is 1.60. The van der Waals surface area contributed by atoms with Gasteiger partial charge in [-0.1, -0.05) is 0 Å². The quantitative estimate of drug-likeness (QED) is 0.657. The van der Waals surface area contributed by atoms with Crippen molar-refractivity contribution < 1.29 is 9.66 Å². The van der Waals surface area contributed by atoms with Crippen molar-refractivity contribution in [2.24, 2.45) is 0 Å². The van der Waals surface area contributed by atoms with E-state index in [1.807, 2.05) is 6.07 Å². The van der Waals surface area contributed by atoms with Gasteiger partial charge in [0.05, 0.1) is 27.8 Å². The summed E-state index contributed by atoms with van der Waals surface area (Å²) in [6.45, 7) is 2.80. The molecule has 1 unspecified atom stereocenters. The Morgan fingerprint density at radius 3 is 3.25 bits per heavy atom. The van der Waals surface area contributed by atoms with E-state index in [4.69, 9.17) is 4.74 Å². The lowest BCUT2D eigenvalue weighted by Gasteiger charge is -2.24. The van der Waals surface area contributed by atoms with Crippen molar-refractivity contribution in [2.45, 2.75) is 6.10 Å². The topological polar surface area (TPSA) is 89.3 Å². The average Bonchev–Trinajstić information content (AvgIpc) is 2.93. The summed E-state index contributed by atoms with van der Waals surface area (Å²) in [4.78, 5) is 15.0. The summed E-state index contributed by atoms with van der Waals surface area (Å²) < 4.78 is 6.38. The molecular formula is C12H14N4O3S. The van der Waals surface area contributed by atoms with E-state index in [1.54, 1.807) is 11.6 Å². The summed E-state index contributed by atoms with van der Waals surface area (Å²) in [5.41, 5.74) is 2.58. The predicted molar refractivity (Wildman–Crippen MR) is 77.4 cm³/mol. The van der Waals surface area contributed by atoms with Crippen molar-refractivity contribution in [1.82, 2.24) is 10.3 Å². The molecule has 0 amide bonds. The van der Waals surface area contributed by atoms with Gasteiger partial charge in [-0.15, -0.1) is 11.3 Å². The van der Waals surface area contributed by atoms with Gasteiger partial charge in [0, 0.05) is 19.6 Å². The summed E-state index contributed by atoms with van der Waals surface area (Å²) in [5, 5.41) is 17.6. The summed E-state index contributed by atoms with van der Waals surface area (Å²) in [7, 11) is 0. The van der Waals surface area contributed by atoms with Gasteiger partial charge in [-0.2, -0.15) is 0 Å². The molecular weight excluding hydrogens is 280 g/mol. The Labute approximate surface area is 119 Å². The van der Waals surface area contributed by atoms with Crippen LogP contribution in [-0.2, 0) is 4.74 Å². The molecule has 1 aliphatic rings. The number of thiazole rings is 1. The van der Waals surface area contributed by atoms with Gasteiger partial charge in [-0.3, -0.25) is 10.1 Å². The monoisotopic (exact) mass is 294 g/mol. The molecule has 1 atom stereocenters. The maximum Gasteiger partial charge on any atom is 0.319 e. The summed E-state index contributed by atoms with van der Waals surface area (Å²) in [6.07, 6.45) is 0.0227. The number of ether oxygens (including phenoxy) is 1. The second-order valence-corrected chi connectivity index (χ2v) is 5.38. The Hall–Kier alpha value is -1.77. The molecule has 20 heavy (non-hydrogen) atoms. The first kappa shape index (κ1) is 13.2. The van der Waals surface area contributed by atoms with Gasteiger partial charge in [0.1, 0.15) is 5.69 Å². The van der Waals surface area contributed by atoms with Crippen LogP contribution in [0.2, 0.25) is 0 Å². The van der Waals surface area contributed by atoms with E-state index in [0.29, 0.717) is 24.4 Å². The van der Waals surface area contributed by atoms with E-state index < -0.39 is 0 Å². The van der Waals surface area contributed by atoms with Crippen molar-refractivity contribution in [3.63, 3.8) is 0 Å². The molecule has 3 rings (SSSR count). The second-order valence-electron chi connectivity index (χ2n) is 4.50. The highest BCUT2D eigenvalue weighted by Crippen LogP contribution is 2.34. The number of morpholine rings is 1. The fraction of sp³-hybridized carbons (Fsp3) is 0.417. The highest BCUT2D eigenvalue weighted by atomic mass is 32.1. The number of hydrogen-bond acceptors (Lipinski definition) is 7. The van der Waals surface area contributed by atoms with Crippen LogP contribution in [-0.4, -0.2) is 42.3 Å². The van der Waals surface area contributed by atoms with Crippen LogP contribution in [0.5, 0.6) is 0 Å². The number of nitro groups is 1. The highest BCUT2D eigenvalue weighted by Gasteiger charge is 2.21. The van der Waals surface area contributed by atoms with E-state index in [-0.39, 0.29) is 16.7 Å². The largest absolute Gasteiger partial charge is 0.377 e. The molecule has 0 saturated carbocycles. The minimum absolute atomic E-state index is 0.0227. The van der Waals surface area contributed by atoms with Crippen molar-refractivity contribution in [3.8, 4) is 0 Å². The van der Waals surface area contributed by atoms with Crippen LogP contribution in [0.4, 0.5) is 11.4 Å². The number of fused-ring (bicyclic) bond motifs is 1. The van der Waals surface area contributed by atoms with Crippen molar-refractivity contribution in [2.75, 3.05) is 31.6 Å². The number of nitrogens with zero attached hydrogens (tertiary/aromatic N) is 2. The number of nitro benzene ring substituents is 1. The summed E-state index contributed by atoms with van der Waals surface area (Å²) in [6, 6.07) is 3.58. The fourth-order valence-electron chi connectivity index (χ4n) is 2.22. The lowest BCUT2D eigenvalue weighted by Crippen LogP contribution is -2.42. The average molecular weight is 294 g/mol. The molecule has 2 N–H and O–H groups in total. The van der Waals surface area contributed by atoms with Gasteiger partial charge in [0.2, 0.25) is 0 Å². The molecule has 1 aromatic carbocycles. The van der Waals surface area contributed by atoms with Crippen molar-refractivity contribution >= 4 is 32.9 Å². The van der Waals surface area contributed by atoms with E-state index in [9.17, 15) is 10.1 Å². The first-order valence-corrected chi connectivity index (χ1v) is 7.20. The Bertz CT molecular complexity index is 624. The van der Waals surface area contributed by atoms with Gasteiger partial charge in [-0.05, 0) is 12.1 Å². The molecule has 106 valence electrons. The molecule has 7 nitrogen and oxygen atoms in total. The zero-order chi connectivity index (χ0) is 13.9. The number of hydrogen-bond donors (Lipinski definition) is 2. The lowest BCUT2D eigenvalue weighted by molar-refractivity contribution is -0.382. The van der Waals surface area contributed by atoms with Crippen molar-refractivity contribution in [1.29, 1.82) is 0 Å². The van der Waals surface area contributed by atoms with E-state index in [0.717, 1.165) is 17.8 Å². The van der Waals surface area contributed by atoms with Gasteiger partial charge in [0.15, 0.2) is 5.52 Å². The molecule has 1 fully saturated rings. The molecule has 0 bridgehead atoms. The van der Waals surface area contributed by atoms with Crippen LogP contribution >= 0.6 is 11.3 Å². The highest BCUT2D eigenvalue weighted by molar-refractivity contribution is 7.16. The smallest absolute Gasteiger partial charge is 0.319 e. The molecule has 1 aromatic heterocycles. The summed E-state index contributed by atoms with van der Waals surface area (Å²) >= 11 is 1.40. The first-order chi connectivity index (χ1) is 9.75. The van der Waals surface area contributed by atoms with Gasteiger partial charge < -0.3 is 15.4 Å². The minimum atomic E-state index is -0.385. The Morgan fingerprint density at radius 2 is 2.50 bits per heavy atom. The molecule has 1 saturated heterocycles. The SMILES string of the molecule is O=[N+]([O-])c1c(NCC2CNCCO2)ccc2scnc12. The third-order valence-electron chi connectivity index (χ3n) is 3.18. The third-order valence-corrected chi connectivity index (χ3v) is 3.98. The number of rotatable bonds is 4. The van der Waals surface area contributed by atoms with Crippen molar-refractivity contribution in [3.05, 3.63) is 27.8 Å². The van der Waals surface area contributed by atoms with Crippen LogP contribution in [0.3, 0.4) is 0 Å². The molecule has 0 spiro atoms. The van der Waals surface area contributed by atoms with Gasteiger partial charge >= 0.3 is 5.69 Å².